The Balaban J connectivity index is 2.13. The van der Waals surface area contributed by atoms with Crippen LogP contribution >= 0.6 is 0 Å². The zero-order valence-electron chi connectivity index (χ0n) is 12.3. The summed E-state index contributed by atoms with van der Waals surface area (Å²) in [6.07, 6.45) is 6.58. The van der Waals surface area contributed by atoms with Gasteiger partial charge in [-0.05, 0) is 25.7 Å². The molecule has 0 spiro atoms. The lowest BCUT2D eigenvalue weighted by Crippen LogP contribution is -2.42. The molecule has 0 unspecified atom stereocenters. The molecule has 3 N–H and O–H groups in total. The van der Waals surface area contributed by atoms with E-state index in [-0.39, 0.29) is 13.2 Å². The molecule has 1 heterocycles. The van der Waals surface area contributed by atoms with Crippen LogP contribution in [-0.2, 0) is 9.47 Å². The molecule has 0 aliphatic carbocycles. The summed E-state index contributed by atoms with van der Waals surface area (Å²) in [5.74, 6) is 0. The largest absolute Gasteiger partial charge is 0.394 e. The normalized spacial score (nSPS) is 28.3. The Morgan fingerprint density at radius 3 is 2.60 bits per heavy atom. The van der Waals surface area contributed by atoms with E-state index in [1.54, 1.807) is 0 Å². The maximum Gasteiger partial charge on any atom is 0.114 e. The monoisotopic (exact) mass is 288 g/mol. The first-order valence-corrected chi connectivity index (χ1v) is 7.55. The van der Waals surface area contributed by atoms with Crippen molar-refractivity contribution in [2.45, 2.75) is 63.4 Å². The van der Waals surface area contributed by atoms with Crippen LogP contribution in [0.4, 0.5) is 0 Å². The summed E-state index contributed by atoms with van der Waals surface area (Å²) in [6, 6.07) is 0. The van der Waals surface area contributed by atoms with Crippen molar-refractivity contribution < 1.29 is 24.8 Å². The van der Waals surface area contributed by atoms with E-state index >= 15 is 0 Å². The molecular formula is C15H28O5. The van der Waals surface area contributed by atoms with Gasteiger partial charge in [0.1, 0.15) is 24.4 Å². The smallest absolute Gasteiger partial charge is 0.114 e. The lowest BCUT2D eigenvalue weighted by atomic mass is 10.1. The van der Waals surface area contributed by atoms with Gasteiger partial charge < -0.3 is 24.8 Å². The molecule has 4 atom stereocenters. The van der Waals surface area contributed by atoms with Crippen molar-refractivity contribution in [3.8, 4) is 0 Å². The quantitative estimate of drug-likeness (QED) is 0.413. The fourth-order valence-electron chi connectivity index (χ4n) is 2.21. The molecule has 1 aliphatic rings. The molecule has 1 saturated heterocycles. The Bertz CT molecular complexity index is 269. The predicted octanol–water partition coefficient (Wildman–Crippen LogP) is 1.01. The minimum Gasteiger partial charge on any atom is -0.394 e. The van der Waals surface area contributed by atoms with Gasteiger partial charge >= 0.3 is 0 Å². The van der Waals surface area contributed by atoms with Gasteiger partial charge in [-0.3, -0.25) is 0 Å². The number of allylic oxidation sites excluding steroid dienone is 2. The first-order chi connectivity index (χ1) is 9.70. The third-order valence-corrected chi connectivity index (χ3v) is 3.46. The predicted molar refractivity (Wildman–Crippen MR) is 76.5 cm³/mol. The summed E-state index contributed by atoms with van der Waals surface area (Å²) >= 11 is 0. The van der Waals surface area contributed by atoms with Crippen LogP contribution in [0.1, 0.15) is 39.0 Å². The maximum atomic E-state index is 9.71. The summed E-state index contributed by atoms with van der Waals surface area (Å²) in [4.78, 5) is 0. The second-order valence-electron chi connectivity index (χ2n) is 5.20. The second kappa shape index (κ2) is 10.3. The van der Waals surface area contributed by atoms with E-state index in [2.05, 4.69) is 19.1 Å². The van der Waals surface area contributed by atoms with Crippen LogP contribution in [0, 0.1) is 0 Å². The van der Waals surface area contributed by atoms with Crippen LogP contribution in [0.15, 0.2) is 12.2 Å². The molecule has 5 nitrogen and oxygen atoms in total. The van der Waals surface area contributed by atoms with E-state index in [1.165, 1.54) is 6.42 Å². The van der Waals surface area contributed by atoms with Gasteiger partial charge in [-0.15, -0.1) is 0 Å². The van der Waals surface area contributed by atoms with Gasteiger partial charge in [0, 0.05) is 6.61 Å². The Morgan fingerprint density at radius 1 is 1.25 bits per heavy atom. The highest BCUT2D eigenvalue weighted by Gasteiger charge is 2.40. The third-order valence-electron chi connectivity index (χ3n) is 3.46. The molecule has 118 valence electrons. The van der Waals surface area contributed by atoms with Crippen molar-refractivity contribution >= 4 is 0 Å². The zero-order chi connectivity index (χ0) is 14.8. The molecule has 0 amide bonds. The van der Waals surface area contributed by atoms with E-state index in [4.69, 9.17) is 9.47 Å². The van der Waals surface area contributed by atoms with Gasteiger partial charge in [-0.25, -0.2) is 0 Å². The minimum atomic E-state index is -0.982. The molecule has 0 radical (unpaired) electrons. The number of hydrogen-bond donors (Lipinski definition) is 3. The molecule has 0 aromatic rings. The highest BCUT2D eigenvalue weighted by atomic mass is 16.6. The summed E-state index contributed by atoms with van der Waals surface area (Å²) in [6.45, 7) is 2.55. The van der Waals surface area contributed by atoms with Crippen molar-refractivity contribution in [1.82, 2.24) is 0 Å². The van der Waals surface area contributed by atoms with Crippen molar-refractivity contribution in [3.05, 3.63) is 12.2 Å². The topological polar surface area (TPSA) is 79.2 Å². The number of ether oxygens (including phenoxy) is 2. The first-order valence-electron chi connectivity index (χ1n) is 7.55. The maximum absolute atomic E-state index is 9.71. The Morgan fingerprint density at radius 2 is 2.00 bits per heavy atom. The van der Waals surface area contributed by atoms with Gasteiger partial charge in [0.25, 0.3) is 0 Å². The van der Waals surface area contributed by atoms with Gasteiger partial charge in [0.05, 0.1) is 13.2 Å². The Hall–Kier alpha value is -0.460. The fourth-order valence-corrected chi connectivity index (χ4v) is 2.21. The average molecular weight is 288 g/mol. The molecular weight excluding hydrogens is 260 g/mol. The van der Waals surface area contributed by atoms with Crippen LogP contribution in [0.2, 0.25) is 0 Å². The van der Waals surface area contributed by atoms with Crippen LogP contribution in [0.5, 0.6) is 0 Å². The average Bonchev–Trinajstić information content (AvgIpc) is 2.78. The number of rotatable bonds is 10. The molecule has 5 heteroatoms. The van der Waals surface area contributed by atoms with E-state index < -0.39 is 24.4 Å². The van der Waals surface area contributed by atoms with E-state index in [0.717, 1.165) is 25.7 Å². The SMILES string of the molecule is CCC/C=C/CCCCO[C@@H](CO)[C@@H]1OC[C@@H](O)[C@@H]1O. The molecule has 0 aromatic carbocycles. The lowest BCUT2D eigenvalue weighted by Gasteiger charge is -2.24. The van der Waals surface area contributed by atoms with Gasteiger partial charge in [-0.1, -0.05) is 25.5 Å². The van der Waals surface area contributed by atoms with Crippen LogP contribution in [-0.4, -0.2) is 59.6 Å². The van der Waals surface area contributed by atoms with Crippen molar-refractivity contribution in [2.75, 3.05) is 19.8 Å². The van der Waals surface area contributed by atoms with E-state index in [0.29, 0.717) is 6.61 Å². The van der Waals surface area contributed by atoms with Gasteiger partial charge in [0.15, 0.2) is 0 Å². The number of aliphatic hydroxyl groups is 3. The van der Waals surface area contributed by atoms with Crippen LogP contribution in [0.25, 0.3) is 0 Å². The molecule has 1 fully saturated rings. The summed E-state index contributed by atoms with van der Waals surface area (Å²) in [5, 5.41) is 28.4. The van der Waals surface area contributed by atoms with Crippen LogP contribution < -0.4 is 0 Å². The van der Waals surface area contributed by atoms with Crippen LogP contribution in [0.3, 0.4) is 0 Å². The molecule has 0 saturated carbocycles. The summed E-state index contributed by atoms with van der Waals surface area (Å²) < 4.78 is 10.8. The standard InChI is InChI=1S/C15H28O5/c1-2-3-4-5-6-7-8-9-19-13(10-16)15-14(18)12(17)11-20-15/h4-5,12-18H,2-3,6-11H2,1H3/b5-4+/t12-,13+,14+,15+/m1/s1. The number of hydrogen-bond acceptors (Lipinski definition) is 5. The lowest BCUT2D eigenvalue weighted by molar-refractivity contribution is -0.101. The third kappa shape index (κ3) is 5.89. The first kappa shape index (κ1) is 17.6. The number of unbranched alkanes of at least 4 members (excludes halogenated alkanes) is 3. The van der Waals surface area contributed by atoms with Crippen molar-refractivity contribution in [1.29, 1.82) is 0 Å². The minimum absolute atomic E-state index is 0.0912. The Labute approximate surface area is 121 Å². The van der Waals surface area contributed by atoms with Gasteiger partial charge in [-0.2, -0.15) is 0 Å². The van der Waals surface area contributed by atoms with E-state index in [9.17, 15) is 15.3 Å². The zero-order valence-corrected chi connectivity index (χ0v) is 12.3. The summed E-state index contributed by atoms with van der Waals surface area (Å²) in [5.41, 5.74) is 0. The van der Waals surface area contributed by atoms with Crippen molar-refractivity contribution in [3.63, 3.8) is 0 Å². The molecule has 1 rings (SSSR count). The molecule has 1 aliphatic heterocycles. The van der Waals surface area contributed by atoms with Gasteiger partial charge in [0.2, 0.25) is 0 Å². The molecule has 0 bridgehead atoms. The molecule has 0 aromatic heterocycles. The highest BCUT2D eigenvalue weighted by Crippen LogP contribution is 2.19. The molecule has 20 heavy (non-hydrogen) atoms. The fraction of sp³-hybridized carbons (Fsp3) is 0.867. The van der Waals surface area contributed by atoms with Crippen molar-refractivity contribution in [2.24, 2.45) is 0 Å². The summed E-state index contributed by atoms with van der Waals surface area (Å²) in [7, 11) is 0. The highest BCUT2D eigenvalue weighted by molar-refractivity contribution is 4.88. The number of aliphatic hydroxyl groups excluding tert-OH is 3. The van der Waals surface area contributed by atoms with E-state index in [1.807, 2.05) is 0 Å². The Kier molecular flexibility index (Phi) is 9.05. The second-order valence-corrected chi connectivity index (χ2v) is 5.20.